The molecular formula is C30H18Cl3N7O2S2. The smallest absolute Gasteiger partial charge is 0.231 e. The van der Waals surface area contributed by atoms with Crippen molar-refractivity contribution in [3.63, 3.8) is 0 Å². The Morgan fingerprint density at radius 3 is 2.00 bits per heavy atom. The molecule has 0 radical (unpaired) electrons. The molecule has 1 aliphatic heterocycles. The van der Waals surface area contributed by atoms with E-state index < -0.39 is 0 Å². The average molecular weight is 679 g/mol. The van der Waals surface area contributed by atoms with Crippen molar-refractivity contribution in [1.29, 1.82) is 0 Å². The van der Waals surface area contributed by atoms with E-state index in [4.69, 9.17) is 44.3 Å². The molecule has 0 saturated carbocycles. The lowest BCUT2D eigenvalue weighted by molar-refractivity contribution is 0.174. The molecule has 0 bridgehead atoms. The Labute approximate surface area is 273 Å². The Hall–Kier alpha value is -4.13. The molecule has 7 aromatic rings. The molecule has 0 fully saturated rings. The second kappa shape index (κ2) is 12.5. The Morgan fingerprint density at radius 1 is 0.682 bits per heavy atom. The number of nitrogens with zero attached hydrogens (tertiary/aromatic N) is 6. The molecule has 9 nitrogen and oxygen atoms in total. The number of ether oxygens (including phenoxy) is 2. The molecule has 1 aromatic carbocycles. The number of fused-ring (bicyclic) bond motifs is 3. The summed E-state index contributed by atoms with van der Waals surface area (Å²) in [5, 5.41) is 5.47. The predicted molar refractivity (Wildman–Crippen MR) is 176 cm³/mol. The molecule has 0 aliphatic carbocycles. The number of aromatic nitrogens is 6. The molecular weight excluding hydrogens is 661 g/mol. The highest BCUT2D eigenvalue weighted by atomic mass is 35.5. The third-order valence-corrected chi connectivity index (χ3v) is 8.97. The highest BCUT2D eigenvalue weighted by Crippen LogP contribution is 2.36. The first kappa shape index (κ1) is 28.6. The summed E-state index contributed by atoms with van der Waals surface area (Å²) in [4.78, 5) is 28.1. The topological polar surface area (TPSA) is 108 Å². The number of hydrogen-bond donors (Lipinski definition) is 1. The second-order valence-corrected chi connectivity index (χ2v) is 12.9. The number of rotatable bonds is 5. The normalized spacial score (nSPS) is 11.9. The van der Waals surface area contributed by atoms with E-state index in [9.17, 15) is 0 Å². The molecule has 1 aliphatic rings. The zero-order chi connectivity index (χ0) is 30.0. The van der Waals surface area contributed by atoms with Gasteiger partial charge in [-0.3, -0.25) is 9.97 Å². The zero-order valence-corrected chi connectivity index (χ0v) is 26.3. The van der Waals surface area contributed by atoms with Crippen molar-refractivity contribution in [2.45, 2.75) is 6.54 Å². The number of hydrogen-bond acceptors (Lipinski definition) is 11. The van der Waals surface area contributed by atoms with Crippen molar-refractivity contribution in [2.24, 2.45) is 0 Å². The molecule has 44 heavy (non-hydrogen) atoms. The van der Waals surface area contributed by atoms with Crippen LogP contribution in [0.3, 0.4) is 0 Å². The van der Waals surface area contributed by atoms with Gasteiger partial charge in [0.15, 0.2) is 23.1 Å². The summed E-state index contributed by atoms with van der Waals surface area (Å²) < 4.78 is 12.1. The number of thiophene rings is 2. The van der Waals surface area contributed by atoms with Crippen LogP contribution in [0.25, 0.3) is 43.5 Å². The van der Waals surface area contributed by atoms with Gasteiger partial charge in [-0.2, -0.15) is 0 Å². The molecule has 0 spiro atoms. The molecule has 0 unspecified atom stereocenters. The third kappa shape index (κ3) is 6.10. The average Bonchev–Trinajstić information content (AvgIpc) is 3.78. The van der Waals surface area contributed by atoms with Crippen LogP contribution < -0.4 is 14.8 Å². The van der Waals surface area contributed by atoms with Crippen LogP contribution in [-0.2, 0) is 6.54 Å². The zero-order valence-electron chi connectivity index (χ0n) is 22.4. The number of anilines is 1. The van der Waals surface area contributed by atoms with Crippen molar-refractivity contribution in [2.75, 3.05) is 12.1 Å². The molecule has 218 valence electrons. The van der Waals surface area contributed by atoms with Gasteiger partial charge in [0.1, 0.15) is 32.0 Å². The first-order chi connectivity index (χ1) is 21.5. The summed E-state index contributed by atoms with van der Waals surface area (Å²) in [6.45, 7) is 0.845. The van der Waals surface area contributed by atoms with Gasteiger partial charge in [-0.15, -0.1) is 22.7 Å². The van der Waals surface area contributed by atoms with Gasteiger partial charge in [-0.25, -0.2) is 19.9 Å². The van der Waals surface area contributed by atoms with Crippen molar-refractivity contribution < 1.29 is 9.47 Å². The minimum Gasteiger partial charge on any atom is -0.454 e. The quantitative estimate of drug-likeness (QED) is 0.179. The van der Waals surface area contributed by atoms with E-state index >= 15 is 0 Å². The van der Waals surface area contributed by atoms with Crippen LogP contribution in [0, 0.1) is 0 Å². The van der Waals surface area contributed by atoms with Gasteiger partial charge in [0.05, 0.1) is 19.4 Å². The Balaban J connectivity index is 0.000000158. The molecule has 0 amide bonds. The Kier molecular flexibility index (Phi) is 8.11. The van der Waals surface area contributed by atoms with Crippen molar-refractivity contribution in [3.05, 3.63) is 98.5 Å². The molecule has 1 N–H and O–H groups in total. The standard InChI is InChI=1S/C19H13ClN4O2S.C11H5Cl2N3S/c20-16-8-12-17(22-9-11-4-5-14-15(7-11)26-10-25-14)23-18(24-19(12)27-16)13-3-1-2-6-21-13;12-8-5-6-9(13)15-10(16-11(6)17-8)7-3-1-2-4-14-7/h1-8H,9-10H2,(H,22,23,24);1-5H. The van der Waals surface area contributed by atoms with Crippen LogP contribution in [0.1, 0.15) is 5.56 Å². The predicted octanol–water partition coefficient (Wildman–Crippen LogP) is 8.81. The van der Waals surface area contributed by atoms with Crippen LogP contribution in [0.15, 0.2) is 79.1 Å². The Bertz CT molecular complexity index is 2110. The minimum atomic E-state index is 0.263. The maximum atomic E-state index is 6.21. The molecule has 8 rings (SSSR count). The van der Waals surface area contributed by atoms with Crippen molar-refractivity contribution in [3.8, 4) is 34.5 Å². The van der Waals surface area contributed by atoms with E-state index in [0.717, 1.165) is 49.0 Å². The number of benzene rings is 1. The largest absolute Gasteiger partial charge is 0.454 e. The monoisotopic (exact) mass is 677 g/mol. The molecule has 7 heterocycles. The van der Waals surface area contributed by atoms with E-state index in [1.165, 1.54) is 22.7 Å². The van der Waals surface area contributed by atoms with Crippen LogP contribution in [0.2, 0.25) is 13.8 Å². The summed E-state index contributed by atoms with van der Waals surface area (Å²) in [5.41, 5.74) is 2.47. The Morgan fingerprint density at radius 2 is 1.32 bits per heavy atom. The summed E-state index contributed by atoms with van der Waals surface area (Å²) in [5.74, 6) is 3.33. The number of nitrogens with one attached hydrogen (secondary N) is 1. The molecule has 6 aromatic heterocycles. The van der Waals surface area contributed by atoms with Gasteiger partial charge < -0.3 is 14.8 Å². The van der Waals surface area contributed by atoms with Crippen LogP contribution in [0.4, 0.5) is 5.82 Å². The van der Waals surface area contributed by atoms with E-state index in [0.29, 0.717) is 37.7 Å². The highest BCUT2D eigenvalue weighted by molar-refractivity contribution is 7.22. The van der Waals surface area contributed by atoms with Crippen LogP contribution in [-0.4, -0.2) is 36.7 Å². The van der Waals surface area contributed by atoms with Gasteiger partial charge in [0.25, 0.3) is 0 Å². The van der Waals surface area contributed by atoms with Crippen molar-refractivity contribution in [1.82, 2.24) is 29.9 Å². The van der Waals surface area contributed by atoms with E-state index in [1.807, 2.05) is 60.7 Å². The maximum Gasteiger partial charge on any atom is 0.231 e. The summed E-state index contributed by atoms with van der Waals surface area (Å²) >= 11 is 21.0. The fourth-order valence-corrected chi connectivity index (χ4v) is 6.80. The molecule has 0 atom stereocenters. The van der Waals surface area contributed by atoms with E-state index in [1.54, 1.807) is 18.5 Å². The van der Waals surface area contributed by atoms with Crippen LogP contribution >= 0.6 is 57.5 Å². The third-order valence-electron chi connectivity index (χ3n) is 6.36. The fraction of sp³-hybridized carbons (Fsp3) is 0.0667. The van der Waals surface area contributed by atoms with Gasteiger partial charge in [0, 0.05) is 18.9 Å². The summed E-state index contributed by atoms with van der Waals surface area (Å²) in [7, 11) is 0. The highest BCUT2D eigenvalue weighted by Gasteiger charge is 2.16. The van der Waals surface area contributed by atoms with Gasteiger partial charge in [0.2, 0.25) is 6.79 Å². The maximum absolute atomic E-state index is 6.21. The fourth-order valence-electron chi connectivity index (χ4n) is 4.34. The molecule has 14 heteroatoms. The van der Waals surface area contributed by atoms with Crippen molar-refractivity contribution >= 4 is 83.7 Å². The minimum absolute atomic E-state index is 0.263. The lowest BCUT2D eigenvalue weighted by Gasteiger charge is -2.09. The van der Waals surface area contributed by atoms with Gasteiger partial charge in [-0.05, 0) is 54.1 Å². The lowest BCUT2D eigenvalue weighted by atomic mass is 10.2. The first-order valence-electron chi connectivity index (χ1n) is 13.0. The first-order valence-corrected chi connectivity index (χ1v) is 15.8. The van der Waals surface area contributed by atoms with Crippen LogP contribution in [0.5, 0.6) is 11.5 Å². The van der Waals surface area contributed by atoms with Gasteiger partial charge in [-0.1, -0.05) is 53.0 Å². The molecule has 0 saturated heterocycles. The lowest BCUT2D eigenvalue weighted by Crippen LogP contribution is -2.04. The SMILES string of the molecule is Clc1cc2c(Cl)nc(-c3ccccn3)nc2s1.Clc1cc2c(NCc3ccc4c(c3)OCO4)nc(-c3ccccn3)nc2s1. The summed E-state index contributed by atoms with van der Waals surface area (Å²) in [6.07, 6.45) is 3.42. The number of halogens is 3. The number of pyridine rings is 2. The summed E-state index contributed by atoms with van der Waals surface area (Å²) in [6, 6.07) is 20.8. The van der Waals surface area contributed by atoms with E-state index in [-0.39, 0.29) is 6.79 Å². The van der Waals surface area contributed by atoms with E-state index in [2.05, 4.69) is 35.2 Å². The second-order valence-electron chi connectivity index (χ2n) is 9.24. The van der Waals surface area contributed by atoms with Gasteiger partial charge >= 0.3 is 0 Å².